The summed E-state index contributed by atoms with van der Waals surface area (Å²) in [5.74, 6) is -2.31. The molecule has 0 aliphatic heterocycles. The maximum atomic E-state index is 13.5. The molecule has 1 aliphatic carbocycles. The number of halogens is 1. The molecular formula is C15H17FO3. The van der Waals surface area contributed by atoms with Crippen LogP contribution in [0.1, 0.15) is 42.5 Å². The van der Waals surface area contributed by atoms with Crippen LogP contribution in [0.25, 0.3) is 0 Å². The number of ketones is 1. The molecule has 0 unspecified atom stereocenters. The van der Waals surface area contributed by atoms with Crippen molar-refractivity contribution >= 4 is 11.8 Å². The predicted octanol–water partition coefficient (Wildman–Crippen LogP) is 3.29. The molecule has 0 saturated heterocycles. The van der Waals surface area contributed by atoms with E-state index >= 15 is 0 Å². The van der Waals surface area contributed by atoms with E-state index in [9.17, 15) is 14.0 Å². The molecule has 0 aromatic heterocycles. The summed E-state index contributed by atoms with van der Waals surface area (Å²) in [6.07, 6.45) is 3.31. The molecular weight excluding hydrogens is 247 g/mol. The summed E-state index contributed by atoms with van der Waals surface area (Å²) in [7, 11) is 0. The number of aliphatic carboxylic acids is 1. The highest BCUT2D eigenvalue weighted by molar-refractivity contribution is 5.96. The minimum Gasteiger partial charge on any atom is -0.481 e. The van der Waals surface area contributed by atoms with Crippen molar-refractivity contribution in [3.63, 3.8) is 0 Å². The fraction of sp³-hybridized carbons (Fsp3) is 0.467. The molecule has 0 bridgehead atoms. The van der Waals surface area contributed by atoms with E-state index in [-0.39, 0.29) is 23.7 Å². The van der Waals surface area contributed by atoms with Crippen LogP contribution in [0.4, 0.5) is 4.39 Å². The highest BCUT2D eigenvalue weighted by Gasteiger charge is 2.32. The average molecular weight is 264 g/mol. The SMILES string of the molecule is O=C(C[C@@H]1CCCC[C@H]1C(=O)O)c1ccccc1F. The van der Waals surface area contributed by atoms with Gasteiger partial charge in [-0.3, -0.25) is 9.59 Å². The Bertz CT molecular complexity index is 484. The number of carbonyl (C=O) groups is 2. The summed E-state index contributed by atoms with van der Waals surface area (Å²) in [5.41, 5.74) is 0.0669. The van der Waals surface area contributed by atoms with E-state index in [2.05, 4.69) is 0 Å². The Morgan fingerprint density at radius 3 is 2.58 bits per heavy atom. The van der Waals surface area contributed by atoms with Crippen molar-refractivity contribution < 1.29 is 19.1 Å². The molecule has 1 aromatic carbocycles. The van der Waals surface area contributed by atoms with E-state index in [1.807, 2.05) is 0 Å². The summed E-state index contributed by atoms with van der Waals surface area (Å²) in [6, 6.07) is 5.86. The first-order valence-corrected chi connectivity index (χ1v) is 6.60. The van der Waals surface area contributed by atoms with Crippen molar-refractivity contribution in [3.8, 4) is 0 Å². The van der Waals surface area contributed by atoms with Crippen molar-refractivity contribution in [1.82, 2.24) is 0 Å². The maximum absolute atomic E-state index is 13.5. The lowest BCUT2D eigenvalue weighted by Crippen LogP contribution is -2.28. The summed E-state index contributed by atoms with van der Waals surface area (Å²) in [5, 5.41) is 9.16. The first-order valence-electron chi connectivity index (χ1n) is 6.60. The summed E-state index contributed by atoms with van der Waals surface area (Å²) in [4.78, 5) is 23.2. The van der Waals surface area contributed by atoms with Crippen LogP contribution in [0.5, 0.6) is 0 Å². The van der Waals surface area contributed by atoms with Crippen molar-refractivity contribution in [2.45, 2.75) is 32.1 Å². The van der Waals surface area contributed by atoms with E-state index in [1.54, 1.807) is 6.07 Å². The number of carbonyl (C=O) groups excluding carboxylic acids is 1. The third kappa shape index (κ3) is 3.19. The van der Waals surface area contributed by atoms with Gasteiger partial charge in [-0.25, -0.2) is 4.39 Å². The molecule has 1 saturated carbocycles. The summed E-state index contributed by atoms with van der Waals surface area (Å²) < 4.78 is 13.5. The molecule has 4 heteroatoms. The highest BCUT2D eigenvalue weighted by Crippen LogP contribution is 2.33. The lowest BCUT2D eigenvalue weighted by Gasteiger charge is -2.27. The van der Waals surface area contributed by atoms with Gasteiger partial charge in [0.25, 0.3) is 0 Å². The number of carboxylic acids is 1. The summed E-state index contributed by atoms with van der Waals surface area (Å²) >= 11 is 0. The molecule has 102 valence electrons. The second-order valence-corrected chi connectivity index (χ2v) is 5.10. The molecule has 2 rings (SSSR count). The maximum Gasteiger partial charge on any atom is 0.306 e. The van der Waals surface area contributed by atoms with Gasteiger partial charge in [0, 0.05) is 6.42 Å². The van der Waals surface area contributed by atoms with Crippen LogP contribution in [0.2, 0.25) is 0 Å². The van der Waals surface area contributed by atoms with Crippen molar-refractivity contribution in [2.75, 3.05) is 0 Å². The van der Waals surface area contributed by atoms with Crippen LogP contribution >= 0.6 is 0 Å². The fourth-order valence-electron chi connectivity index (χ4n) is 2.81. The third-order valence-corrected chi connectivity index (χ3v) is 3.85. The van der Waals surface area contributed by atoms with Gasteiger partial charge in [-0.15, -0.1) is 0 Å². The van der Waals surface area contributed by atoms with Gasteiger partial charge in [0.1, 0.15) is 5.82 Å². The third-order valence-electron chi connectivity index (χ3n) is 3.85. The lowest BCUT2D eigenvalue weighted by atomic mass is 9.76. The van der Waals surface area contributed by atoms with Gasteiger partial charge in [0.2, 0.25) is 0 Å². The smallest absolute Gasteiger partial charge is 0.306 e. The van der Waals surface area contributed by atoms with E-state index in [1.165, 1.54) is 18.2 Å². The molecule has 0 spiro atoms. The van der Waals surface area contributed by atoms with Gasteiger partial charge in [0.15, 0.2) is 5.78 Å². The minimum atomic E-state index is -0.842. The van der Waals surface area contributed by atoms with Gasteiger partial charge >= 0.3 is 5.97 Å². The zero-order chi connectivity index (χ0) is 13.8. The van der Waals surface area contributed by atoms with Crippen molar-refractivity contribution in [1.29, 1.82) is 0 Å². The molecule has 0 heterocycles. The Hall–Kier alpha value is -1.71. The number of carboxylic acid groups (broad SMARTS) is 1. The Morgan fingerprint density at radius 1 is 1.21 bits per heavy atom. The Kier molecular flexibility index (Phi) is 4.30. The Labute approximate surface area is 111 Å². The largest absolute Gasteiger partial charge is 0.481 e. The van der Waals surface area contributed by atoms with Crippen molar-refractivity contribution in [3.05, 3.63) is 35.6 Å². The van der Waals surface area contributed by atoms with Crippen LogP contribution in [-0.4, -0.2) is 16.9 Å². The molecule has 1 aliphatic rings. The minimum absolute atomic E-state index is 0.0669. The van der Waals surface area contributed by atoms with Gasteiger partial charge in [0.05, 0.1) is 11.5 Å². The van der Waals surface area contributed by atoms with Gasteiger partial charge in [-0.05, 0) is 30.9 Å². The number of benzene rings is 1. The number of rotatable bonds is 4. The standard InChI is InChI=1S/C15H17FO3/c16-13-8-4-3-7-12(13)14(17)9-10-5-1-2-6-11(10)15(18)19/h3-4,7-8,10-11H,1-2,5-6,9H2,(H,18,19)/t10-,11+/m0/s1. The monoisotopic (exact) mass is 264 g/mol. The van der Waals surface area contributed by atoms with E-state index in [0.29, 0.717) is 6.42 Å². The molecule has 0 radical (unpaired) electrons. The normalized spacial score (nSPS) is 23.0. The quantitative estimate of drug-likeness (QED) is 0.849. The molecule has 0 amide bonds. The zero-order valence-corrected chi connectivity index (χ0v) is 10.6. The Balaban J connectivity index is 2.09. The first kappa shape index (κ1) is 13.7. The van der Waals surface area contributed by atoms with Crippen LogP contribution in [0, 0.1) is 17.7 Å². The molecule has 1 aromatic rings. The second-order valence-electron chi connectivity index (χ2n) is 5.10. The molecule has 1 fully saturated rings. The summed E-state index contributed by atoms with van der Waals surface area (Å²) in [6.45, 7) is 0. The van der Waals surface area contributed by atoms with Gasteiger partial charge in [-0.1, -0.05) is 25.0 Å². The topological polar surface area (TPSA) is 54.4 Å². The van der Waals surface area contributed by atoms with Gasteiger partial charge in [-0.2, -0.15) is 0 Å². The number of Topliss-reactive ketones (excluding diaryl/α,β-unsaturated/α-hetero) is 1. The molecule has 3 nitrogen and oxygen atoms in total. The highest BCUT2D eigenvalue weighted by atomic mass is 19.1. The van der Waals surface area contributed by atoms with E-state index in [0.717, 1.165) is 19.3 Å². The van der Waals surface area contributed by atoms with Crippen LogP contribution in [0.3, 0.4) is 0 Å². The van der Waals surface area contributed by atoms with E-state index < -0.39 is 17.7 Å². The van der Waals surface area contributed by atoms with E-state index in [4.69, 9.17) is 5.11 Å². The first-order chi connectivity index (χ1) is 9.09. The fourth-order valence-corrected chi connectivity index (χ4v) is 2.81. The average Bonchev–Trinajstić information content (AvgIpc) is 2.39. The predicted molar refractivity (Wildman–Crippen MR) is 68.4 cm³/mol. The molecule has 1 N–H and O–H groups in total. The van der Waals surface area contributed by atoms with Crippen LogP contribution < -0.4 is 0 Å². The number of hydrogen-bond acceptors (Lipinski definition) is 2. The van der Waals surface area contributed by atoms with Gasteiger partial charge < -0.3 is 5.11 Å². The Morgan fingerprint density at radius 2 is 1.89 bits per heavy atom. The van der Waals surface area contributed by atoms with Crippen LogP contribution in [0.15, 0.2) is 24.3 Å². The molecule has 2 atom stereocenters. The molecule has 19 heavy (non-hydrogen) atoms. The number of hydrogen-bond donors (Lipinski definition) is 1. The lowest BCUT2D eigenvalue weighted by molar-refractivity contribution is -0.144. The van der Waals surface area contributed by atoms with Crippen LogP contribution in [-0.2, 0) is 4.79 Å². The zero-order valence-electron chi connectivity index (χ0n) is 10.6. The van der Waals surface area contributed by atoms with Crippen molar-refractivity contribution in [2.24, 2.45) is 11.8 Å². The second kappa shape index (κ2) is 5.95.